The van der Waals surface area contributed by atoms with Gasteiger partial charge in [0.1, 0.15) is 0 Å². The second-order valence-electron chi connectivity index (χ2n) is 2.64. The second-order valence-corrected chi connectivity index (χ2v) is 4.29. The quantitative estimate of drug-likeness (QED) is 0.477. The lowest BCUT2D eigenvalue weighted by Crippen LogP contribution is -1.98. The molecule has 0 aromatic heterocycles. The molecular weight excluding hydrogens is 247 g/mol. The van der Waals surface area contributed by atoms with E-state index < -0.39 is 0 Å². The molecule has 1 unspecified atom stereocenters. The summed E-state index contributed by atoms with van der Waals surface area (Å²) in [4.78, 5) is 0. The van der Waals surface area contributed by atoms with Crippen molar-refractivity contribution in [2.24, 2.45) is 0 Å². The highest BCUT2D eigenvalue weighted by atomic mass is 79.9. The van der Waals surface area contributed by atoms with E-state index in [9.17, 15) is 0 Å². The predicted octanol–water partition coefficient (Wildman–Crippen LogP) is 4.18. The standard InChI is InChI=1S/C8H15BrCl2/c9-7-8(11)5-3-1-2-4-6-10/h8H,1-7H2. The van der Waals surface area contributed by atoms with Gasteiger partial charge in [-0.3, -0.25) is 0 Å². The Balaban J connectivity index is 2.89. The van der Waals surface area contributed by atoms with Crippen LogP contribution in [0.15, 0.2) is 0 Å². The summed E-state index contributed by atoms with van der Waals surface area (Å²) in [7, 11) is 0. The molecule has 0 aliphatic carbocycles. The van der Waals surface area contributed by atoms with Crippen molar-refractivity contribution in [2.45, 2.75) is 37.5 Å². The zero-order valence-electron chi connectivity index (χ0n) is 6.66. The fourth-order valence-corrected chi connectivity index (χ4v) is 1.56. The Morgan fingerprint density at radius 2 is 1.73 bits per heavy atom. The molecule has 1 atom stereocenters. The summed E-state index contributed by atoms with van der Waals surface area (Å²) in [5.74, 6) is 0.794. The van der Waals surface area contributed by atoms with Crippen molar-refractivity contribution >= 4 is 39.1 Å². The maximum absolute atomic E-state index is 5.91. The van der Waals surface area contributed by atoms with Gasteiger partial charge in [0.2, 0.25) is 0 Å². The van der Waals surface area contributed by atoms with E-state index in [-0.39, 0.29) is 0 Å². The Hall–Kier alpha value is 1.06. The van der Waals surface area contributed by atoms with Gasteiger partial charge in [-0.1, -0.05) is 35.2 Å². The number of halogens is 3. The first-order valence-electron chi connectivity index (χ1n) is 4.07. The number of hydrogen-bond donors (Lipinski definition) is 0. The summed E-state index contributed by atoms with van der Waals surface area (Å²) >= 11 is 14.8. The highest BCUT2D eigenvalue weighted by Crippen LogP contribution is 2.12. The molecule has 0 saturated carbocycles. The maximum Gasteiger partial charge on any atom is 0.0432 e. The van der Waals surface area contributed by atoms with Crippen molar-refractivity contribution in [1.82, 2.24) is 0 Å². The third-order valence-corrected chi connectivity index (χ3v) is 3.36. The predicted molar refractivity (Wildman–Crippen MR) is 57.2 cm³/mol. The van der Waals surface area contributed by atoms with Gasteiger partial charge in [0.15, 0.2) is 0 Å². The first-order chi connectivity index (χ1) is 5.31. The largest absolute Gasteiger partial charge is 0.127 e. The highest BCUT2D eigenvalue weighted by Gasteiger charge is 2.00. The van der Waals surface area contributed by atoms with Gasteiger partial charge in [0, 0.05) is 16.6 Å². The fraction of sp³-hybridized carbons (Fsp3) is 1.00. The van der Waals surface area contributed by atoms with Crippen molar-refractivity contribution in [3.05, 3.63) is 0 Å². The molecule has 0 rings (SSSR count). The molecule has 3 heteroatoms. The van der Waals surface area contributed by atoms with Gasteiger partial charge in [-0.05, 0) is 12.8 Å². The Labute approximate surface area is 87.8 Å². The molecule has 0 amide bonds. The molecule has 0 saturated heterocycles. The Kier molecular flexibility index (Phi) is 10.0. The van der Waals surface area contributed by atoms with Crippen LogP contribution in [0.25, 0.3) is 0 Å². The molecule has 0 spiro atoms. The average molecular weight is 262 g/mol. The molecule has 0 aliphatic heterocycles. The van der Waals surface area contributed by atoms with Gasteiger partial charge in [-0.2, -0.15) is 0 Å². The highest BCUT2D eigenvalue weighted by molar-refractivity contribution is 9.09. The molecule has 0 fully saturated rings. The van der Waals surface area contributed by atoms with Gasteiger partial charge in [0.05, 0.1) is 0 Å². The molecule has 68 valence electrons. The molecule has 0 N–H and O–H groups in total. The van der Waals surface area contributed by atoms with Gasteiger partial charge in [-0.25, -0.2) is 0 Å². The lowest BCUT2D eigenvalue weighted by atomic mass is 10.1. The van der Waals surface area contributed by atoms with E-state index in [0.717, 1.165) is 24.1 Å². The molecule has 0 aromatic carbocycles. The van der Waals surface area contributed by atoms with Crippen LogP contribution in [-0.4, -0.2) is 16.6 Å². The van der Waals surface area contributed by atoms with Crippen molar-refractivity contribution in [3.63, 3.8) is 0 Å². The van der Waals surface area contributed by atoms with Crippen molar-refractivity contribution in [3.8, 4) is 0 Å². The minimum atomic E-state index is 0.311. The van der Waals surface area contributed by atoms with Crippen molar-refractivity contribution < 1.29 is 0 Å². The Morgan fingerprint density at radius 3 is 2.27 bits per heavy atom. The van der Waals surface area contributed by atoms with Crippen LogP contribution in [0.2, 0.25) is 0 Å². The normalized spacial score (nSPS) is 13.4. The van der Waals surface area contributed by atoms with Crippen LogP contribution in [0, 0.1) is 0 Å². The van der Waals surface area contributed by atoms with Crippen LogP contribution in [0.5, 0.6) is 0 Å². The van der Waals surface area contributed by atoms with E-state index in [0.29, 0.717) is 5.38 Å². The van der Waals surface area contributed by atoms with E-state index in [1.807, 2.05) is 0 Å². The van der Waals surface area contributed by atoms with Gasteiger partial charge in [0.25, 0.3) is 0 Å². The second kappa shape index (κ2) is 9.15. The third-order valence-electron chi connectivity index (χ3n) is 1.57. The zero-order valence-corrected chi connectivity index (χ0v) is 9.76. The monoisotopic (exact) mass is 260 g/mol. The summed E-state index contributed by atoms with van der Waals surface area (Å²) in [6.07, 6.45) is 6.01. The smallest absolute Gasteiger partial charge is 0.0432 e. The Morgan fingerprint density at radius 1 is 1.09 bits per heavy atom. The van der Waals surface area contributed by atoms with Gasteiger partial charge in [-0.15, -0.1) is 23.2 Å². The van der Waals surface area contributed by atoms with Crippen LogP contribution in [0.4, 0.5) is 0 Å². The van der Waals surface area contributed by atoms with Crippen LogP contribution >= 0.6 is 39.1 Å². The van der Waals surface area contributed by atoms with E-state index >= 15 is 0 Å². The van der Waals surface area contributed by atoms with Crippen molar-refractivity contribution in [1.29, 1.82) is 0 Å². The van der Waals surface area contributed by atoms with Crippen LogP contribution < -0.4 is 0 Å². The molecule has 0 bridgehead atoms. The number of hydrogen-bond acceptors (Lipinski definition) is 0. The molecule has 0 radical (unpaired) electrons. The molecule has 0 aliphatic rings. The summed E-state index contributed by atoms with van der Waals surface area (Å²) < 4.78 is 0. The maximum atomic E-state index is 5.91. The first kappa shape index (κ1) is 12.1. The summed E-state index contributed by atoms with van der Waals surface area (Å²) in [6.45, 7) is 0. The van der Waals surface area contributed by atoms with E-state index in [1.54, 1.807) is 0 Å². The van der Waals surface area contributed by atoms with Crippen LogP contribution in [-0.2, 0) is 0 Å². The minimum Gasteiger partial charge on any atom is -0.127 e. The fourth-order valence-electron chi connectivity index (χ4n) is 0.891. The lowest BCUT2D eigenvalue weighted by molar-refractivity contribution is 0.632. The van der Waals surface area contributed by atoms with Gasteiger partial charge >= 0.3 is 0 Å². The summed E-state index contributed by atoms with van der Waals surface area (Å²) in [6, 6.07) is 0. The average Bonchev–Trinajstić information content (AvgIpc) is 2.04. The summed E-state index contributed by atoms with van der Waals surface area (Å²) in [5, 5.41) is 1.22. The lowest BCUT2D eigenvalue weighted by Gasteiger charge is -2.03. The molecule has 0 aromatic rings. The molecule has 0 nitrogen and oxygen atoms in total. The first-order valence-corrected chi connectivity index (χ1v) is 6.16. The minimum absolute atomic E-state index is 0.311. The van der Waals surface area contributed by atoms with Crippen LogP contribution in [0.3, 0.4) is 0 Å². The number of alkyl halides is 3. The van der Waals surface area contributed by atoms with E-state index in [2.05, 4.69) is 15.9 Å². The van der Waals surface area contributed by atoms with Crippen molar-refractivity contribution in [2.75, 3.05) is 11.2 Å². The van der Waals surface area contributed by atoms with E-state index in [1.165, 1.54) is 19.3 Å². The Bertz CT molecular complexity index is 78.5. The topological polar surface area (TPSA) is 0 Å². The number of rotatable bonds is 7. The molecule has 0 heterocycles. The SMILES string of the molecule is ClCCCCCCC(Cl)CBr. The van der Waals surface area contributed by atoms with Crippen LogP contribution in [0.1, 0.15) is 32.1 Å². The number of unbranched alkanes of at least 4 members (excludes halogenated alkanes) is 3. The van der Waals surface area contributed by atoms with Gasteiger partial charge < -0.3 is 0 Å². The summed E-state index contributed by atoms with van der Waals surface area (Å²) in [5.41, 5.74) is 0. The zero-order chi connectivity index (χ0) is 8.53. The third kappa shape index (κ3) is 8.97. The van der Waals surface area contributed by atoms with E-state index in [4.69, 9.17) is 23.2 Å². The molecule has 11 heavy (non-hydrogen) atoms. The molecular formula is C8H15BrCl2.